The number of halogens is 1. The molecular weight excluding hydrogens is 249 g/mol. The maximum absolute atomic E-state index is 13.9. The summed E-state index contributed by atoms with van der Waals surface area (Å²) in [6.45, 7) is 1.91. The Hall–Kier alpha value is -2.31. The number of nitrogens with two attached hydrogens (primary N) is 1. The van der Waals surface area contributed by atoms with E-state index >= 15 is 0 Å². The third kappa shape index (κ3) is 2.75. The molecule has 1 amide bonds. The minimum absolute atomic E-state index is 0.275. The molecular formula is C12H14FN5O. The minimum atomic E-state index is -0.642. The van der Waals surface area contributed by atoms with Gasteiger partial charge >= 0.3 is 0 Å². The van der Waals surface area contributed by atoms with Crippen molar-refractivity contribution in [2.24, 2.45) is 5.73 Å². The largest absolute Gasteiger partial charge is 0.369 e. The van der Waals surface area contributed by atoms with Gasteiger partial charge in [-0.2, -0.15) is 5.21 Å². The fourth-order valence-electron chi connectivity index (χ4n) is 1.97. The molecule has 0 saturated carbocycles. The molecule has 0 fully saturated rings. The number of tetrazole rings is 1. The Morgan fingerprint density at radius 2 is 2.32 bits per heavy atom. The zero-order valence-electron chi connectivity index (χ0n) is 10.4. The van der Waals surface area contributed by atoms with Gasteiger partial charge in [-0.3, -0.25) is 4.79 Å². The van der Waals surface area contributed by atoms with Crippen molar-refractivity contribution in [3.8, 4) is 11.4 Å². The first-order valence-corrected chi connectivity index (χ1v) is 5.96. The minimum Gasteiger partial charge on any atom is -0.369 e. The number of hydrogen-bond donors (Lipinski definition) is 2. The van der Waals surface area contributed by atoms with Gasteiger partial charge in [0.05, 0.1) is 5.92 Å². The van der Waals surface area contributed by atoms with E-state index in [2.05, 4.69) is 20.6 Å². The van der Waals surface area contributed by atoms with Gasteiger partial charge in [-0.15, -0.1) is 10.2 Å². The third-order valence-electron chi connectivity index (χ3n) is 2.90. The van der Waals surface area contributed by atoms with E-state index in [0.717, 1.165) is 6.42 Å². The van der Waals surface area contributed by atoms with E-state index in [0.29, 0.717) is 17.8 Å². The van der Waals surface area contributed by atoms with Crippen LogP contribution in [0, 0.1) is 5.82 Å². The molecule has 1 unspecified atom stereocenters. The van der Waals surface area contributed by atoms with Gasteiger partial charge in [0.25, 0.3) is 0 Å². The van der Waals surface area contributed by atoms with Crippen molar-refractivity contribution < 1.29 is 9.18 Å². The molecule has 2 rings (SSSR count). The highest BCUT2D eigenvalue weighted by Gasteiger charge is 2.21. The summed E-state index contributed by atoms with van der Waals surface area (Å²) in [5, 5.41) is 13.4. The first kappa shape index (κ1) is 13.1. The molecule has 100 valence electrons. The van der Waals surface area contributed by atoms with Crippen molar-refractivity contribution in [1.29, 1.82) is 0 Å². The molecule has 0 bridgehead atoms. The Balaban J connectivity index is 2.44. The Morgan fingerprint density at radius 3 is 2.89 bits per heavy atom. The predicted octanol–water partition coefficient (Wildman–Crippen LogP) is 1.37. The summed E-state index contributed by atoms with van der Waals surface area (Å²) < 4.78 is 13.9. The molecule has 6 nitrogen and oxygen atoms in total. The lowest BCUT2D eigenvalue weighted by Crippen LogP contribution is -2.22. The highest BCUT2D eigenvalue weighted by molar-refractivity contribution is 5.82. The molecule has 0 aliphatic carbocycles. The summed E-state index contributed by atoms with van der Waals surface area (Å²) >= 11 is 0. The smallest absolute Gasteiger partial charge is 0.225 e. The number of carbonyl (C=O) groups is 1. The van der Waals surface area contributed by atoms with E-state index < -0.39 is 17.6 Å². The van der Waals surface area contributed by atoms with Crippen molar-refractivity contribution in [2.75, 3.05) is 0 Å². The zero-order valence-corrected chi connectivity index (χ0v) is 10.4. The number of benzene rings is 1. The number of rotatable bonds is 5. The Kier molecular flexibility index (Phi) is 3.84. The summed E-state index contributed by atoms with van der Waals surface area (Å²) in [5.74, 6) is -1.28. The lowest BCUT2D eigenvalue weighted by molar-refractivity contribution is -0.119. The van der Waals surface area contributed by atoms with Gasteiger partial charge in [0.2, 0.25) is 11.7 Å². The number of primary amides is 1. The number of amides is 1. The number of hydrogen-bond acceptors (Lipinski definition) is 4. The van der Waals surface area contributed by atoms with Crippen LogP contribution in [0.2, 0.25) is 0 Å². The Bertz CT molecular complexity index is 570. The van der Waals surface area contributed by atoms with Gasteiger partial charge in [0.15, 0.2) is 0 Å². The average Bonchev–Trinajstić information content (AvgIpc) is 2.90. The molecule has 1 aromatic heterocycles. The fourth-order valence-corrected chi connectivity index (χ4v) is 1.97. The molecule has 0 spiro atoms. The van der Waals surface area contributed by atoms with E-state index in [1.165, 1.54) is 12.1 Å². The van der Waals surface area contributed by atoms with Crippen LogP contribution >= 0.6 is 0 Å². The van der Waals surface area contributed by atoms with Gasteiger partial charge in [-0.05, 0) is 29.8 Å². The number of carbonyl (C=O) groups excluding carboxylic acids is 1. The summed E-state index contributed by atoms with van der Waals surface area (Å²) in [4.78, 5) is 11.4. The van der Waals surface area contributed by atoms with Crippen molar-refractivity contribution >= 4 is 5.91 Å². The van der Waals surface area contributed by atoms with Crippen LogP contribution in [0.25, 0.3) is 11.4 Å². The molecule has 1 aromatic carbocycles. The quantitative estimate of drug-likeness (QED) is 0.851. The highest BCUT2D eigenvalue weighted by atomic mass is 19.1. The van der Waals surface area contributed by atoms with E-state index in [4.69, 9.17) is 5.73 Å². The van der Waals surface area contributed by atoms with Crippen molar-refractivity contribution in [2.45, 2.75) is 25.7 Å². The van der Waals surface area contributed by atoms with Crippen LogP contribution in [-0.2, 0) is 4.79 Å². The number of nitrogens with one attached hydrogen (secondary N) is 1. The van der Waals surface area contributed by atoms with Crippen LogP contribution in [0.15, 0.2) is 18.2 Å². The summed E-state index contributed by atoms with van der Waals surface area (Å²) in [6, 6.07) is 4.37. The SMILES string of the molecule is CCCC(C(N)=O)c1cc(-c2nn[nH]n2)ccc1F. The van der Waals surface area contributed by atoms with E-state index in [1.54, 1.807) is 6.07 Å². The highest BCUT2D eigenvalue weighted by Crippen LogP contribution is 2.27. The molecule has 19 heavy (non-hydrogen) atoms. The molecule has 0 radical (unpaired) electrons. The molecule has 3 N–H and O–H groups in total. The molecule has 7 heteroatoms. The monoisotopic (exact) mass is 263 g/mol. The topological polar surface area (TPSA) is 97.5 Å². The molecule has 2 aromatic rings. The zero-order chi connectivity index (χ0) is 13.8. The molecule has 0 aliphatic rings. The van der Waals surface area contributed by atoms with Crippen LogP contribution in [0.5, 0.6) is 0 Å². The second-order valence-corrected chi connectivity index (χ2v) is 4.22. The summed E-state index contributed by atoms with van der Waals surface area (Å²) in [5.41, 5.74) is 6.20. The predicted molar refractivity (Wildman–Crippen MR) is 66.4 cm³/mol. The van der Waals surface area contributed by atoms with Crippen LogP contribution < -0.4 is 5.73 Å². The van der Waals surface area contributed by atoms with E-state index in [1.807, 2.05) is 6.92 Å². The first-order chi connectivity index (χ1) is 9.13. The van der Waals surface area contributed by atoms with Crippen molar-refractivity contribution in [3.63, 3.8) is 0 Å². The maximum atomic E-state index is 13.9. The number of aromatic amines is 1. The van der Waals surface area contributed by atoms with Gasteiger partial charge in [0.1, 0.15) is 5.82 Å². The maximum Gasteiger partial charge on any atom is 0.225 e. The van der Waals surface area contributed by atoms with Crippen molar-refractivity contribution in [3.05, 3.63) is 29.6 Å². The van der Waals surface area contributed by atoms with Crippen LogP contribution in [0.4, 0.5) is 4.39 Å². The standard InChI is InChI=1S/C12H14FN5O/c1-2-3-8(11(14)19)9-6-7(4-5-10(9)13)12-15-17-18-16-12/h4-6,8H,2-3H2,1H3,(H2,14,19)(H,15,16,17,18). The number of H-pyrrole nitrogens is 1. The number of aromatic nitrogens is 4. The van der Waals surface area contributed by atoms with Gasteiger partial charge in [0, 0.05) is 11.1 Å². The lowest BCUT2D eigenvalue weighted by Gasteiger charge is -2.14. The molecule has 1 atom stereocenters. The molecule has 1 heterocycles. The molecule has 0 saturated heterocycles. The second-order valence-electron chi connectivity index (χ2n) is 4.22. The van der Waals surface area contributed by atoms with Crippen LogP contribution in [0.1, 0.15) is 31.2 Å². The van der Waals surface area contributed by atoms with E-state index in [9.17, 15) is 9.18 Å². The average molecular weight is 263 g/mol. The third-order valence-corrected chi connectivity index (χ3v) is 2.90. The Morgan fingerprint density at radius 1 is 1.53 bits per heavy atom. The molecule has 0 aliphatic heterocycles. The fraction of sp³-hybridized carbons (Fsp3) is 0.333. The lowest BCUT2D eigenvalue weighted by atomic mass is 9.92. The van der Waals surface area contributed by atoms with E-state index in [-0.39, 0.29) is 5.56 Å². The van der Waals surface area contributed by atoms with Gasteiger partial charge in [-0.25, -0.2) is 4.39 Å². The van der Waals surface area contributed by atoms with Gasteiger partial charge < -0.3 is 5.73 Å². The van der Waals surface area contributed by atoms with Crippen LogP contribution in [0.3, 0.4) is 0 Å². The summed E-state index contributed by atoms with van der Waals surface area (Å²) in [7, 11) is 0. The van der Waals surface area contributed by atoms with Crippen LogP contribution in [-0.4, -0.2) is 26.5 Å². The number of nitrogens with zero attached hydrogens (tertiary/aromatic N) is 3. The van der Waals surface area contributed by atoms with Crippen molar-refractivity contribution in [1.82, 2.24) is 20.6 Å². The Labute approximate surface area is 109 Å². The first-order valence-electron chi connectivity index (χ1n) is 5.96. The summed E-state index contributed by atoms with van der Waals surface area (Å²) in [6.07, 6.45) is 1.24. The normalized spacial score (nSPS) is 12.3. The second kappa shape index (κ2) is 5.55. The van der Waals surface area contributed by atoms with Gasteiger partial charge in [-0.1, -0.05) is 13.3 Å².